The van der Waals surface area contributed by atoms with E-state index in [2.05, 4.69) is 41.2 Å². The molecule has 1 unspecified atom stereocenters. The maximum absolute atomic E-state index is 6.48. The third-order valence-electron chi connectivity index (χ3n) is 5.20. The Labute approximate surface area is 146 Å². The van der Waals surface area contributed by atoms with Crippen LogP contribution in [-0.2, 0) is 11.2 Å². The van der Waals surface area contributed by atoms with Crippen molar-refractivity contribution in [2.45, 2.75) is 44.3 Å². The first kappa shape index (κ1) is 15.6. The molecule has 1 N–H and O–H groups in total. The molecule has 1 spiro atoms. The van der Waals surface area contributed by atoms with Gasteiger partial charge in [0.25, 0.3) is 0 Å². The lowest BCUT2D eigenvalue weighted by atomic mass is 9.78. The van der Waals surface area contributed by atoms with Crippen molar-refractivity contribution in [2.75, 3.05) is 13.1 Å². The maximum atomic E-state index is 6.48. The summed E-state index contributed by atoms with van der Waals surface area (Å²) in [6.45, 7) is 4.11. The summed E-state index contributed by atoms with van der Waals surface area (Å²) in [5.74, 6) is 0. The second kappa shape index (κ2) is 6.21. The lowest BCUT2D eigenvalue weighted by Crippen LogP contribution is -2.57. The summed E-state index contributed by atoms with van der Waals surface area (Å²) in [5.41, 5.74) is 5.27. The van der Waals surface area contributed by atoms with Gasteiger partial charge in [0.05, 0.1) is 11.7 Å². The fraction of sp³-hybridized carbons (Fsp3) is 0.474. The number of ether oxygens (including phenoxy) is 1. The highest BCUT2D eigenvalue weighted by Crippen LogP contribution is 2.39. The number of aryl methyl sites for hydroxylation is 1. The molecule has 2 fully saturated rings. The molecule has 0 radical (unpaired) electrons. The smallest absolute Gasteiger partial charge is 0.0810 e. The average molecular weight is 348 g/mol. The first-order valence-corrected chi connectivity index (χ1v) is 9.67. The third-order valence-corrected chi connectivity index (χ3v) is 6.10. The Morgan fingerprint density at radius 3 is 2.96 bits per heavy atom. The Morgan fingerprint density at radius 2 is 2.26 bits per heavy atom. The van der Waals surface area contributed by atoms with Crippen LogP contribution in [0.1, 0.15) is 30.4 Å². The molecule has 122 valence electrons. The second-order valence-electron chi connectivity index (χ2n) is 6.87. The topological polar surface area (TPSA) is 21.3 Å². The number of benzene rings is 1. The number of hydrogen-bond acceptors (Lipinski definition) is 3. The monoisotopic (exact) mass is 347 g/mol. The van der Waals surface area contributed by atoms with E-state index in [0.717, 1.165) is 24.5 Å². The summed E-state index contributed by atoms with van der Waals surface area (Å²) in [5, 5.41) is 8.71. The Bertz CT molecular complexity index is 694. The van der Waals surface area contributed by atoms with Crippen LogP contribution >= 0.6 is 22.9 Å². The minimum atomic E-state index is 0.117. The summed E-state index contributed by atoms with van der Waals surface area (Å²) in [6, 6.07) is 6.34. The first-order chi connectivity index (χ1) is 11.2. The van der Waals surface area contributed by atoms with Gasteiger partial charge in [0.15, 0.2) is 0 Å². The van der Waals surface area contributed by atoms with E-state index in [4.69, 9.17) is 16.3 Å². The van der Waals surface area contributed by atoms with E-state index in [1.54, 1.807) is 11.3 Å². The van der Waals surface area contributed by atoms with Crippen LogP contribution in [0.25, 0.3) is 11.1 Å². The molecule has 1 saturated heterocycles. The number of rotatable bonds is 3. The lowest BCUT2D eigenvalue weighted by molar-refractivity contribution is -0.156. The second-order valence-corrected chi connectivity index (χ2v) is 8.09. The minimum absolute atomic E-state index is 0.117. The lowest BCUT2D eigenvalue weighted by Gasteiger charge is -2.48. The van der Waals surface area contributed by atoms with E-state index in [-0.39, 0.29) is 11.7 Å². The quantitative estimate of drug-likeness (QED) is 0.858. The summed E-state index contributed by atoms with van der Waals surface area (Å²) in [6.07, 6.45) is 4.90. The highest BCUT2D eigenvalue weighted by atomic mass is 35.5. The largest absolute Gasteiger partial charge is 0.369 e. The van der Waals surface area contributed by atoms with Gasteiger partial charge in [-0.15, -0.1) is 0 Å². The van der Waals surface area contributed by atoms with Gasteiger partial charge in [-0.1, -0.05) is 11.6 Å². The first-order valence-electron chi connectivity index (χ1n) is 8.35. The Morgan fingerprint density at radius 1 is 1.39 bits per heavy atom. The van der Waals surface area contributed by atoms with Crippen LogP contribution in [0.15, 0.2) is 29.0 Å². The van der Waals surface area contributed by atoms with Crippen LogP contribution in [0.4, 0.5) is 0 Å². The molecule has 4 rings (SSSR count). The number of halogens is 1. The molecule has 23 heavy (non-hydrogen) atoms. The molecule has 1 aromatic heterocycles. The molecule has 2 aliphatic rings. The molecule has 0 amide bonds. The van der Waals surface area contributed by atoms with Crippen LogP contribution in [-0.4, -0.2) is 24.8 Å². The van der Waals surface area contributed by atoms with Crippen molar-refractivity contribution in [1.82, 2.24) is 5.32 Å². The molecule has 2 aromatic rings. The molecule has 2 heterocycles. The SMILES string of the molecule is Cc1cc(Cl)cc(-c2ccsc2)c1CC1CNCC2(CCC2)O1. The zero-order valence-electron chi connectivity index (χ0n) is 13.4. The normalized spacial score (nSPS) is 23.0. The number of morpholine rings is 1. The Balaban J connectivity index is 1.63. The standard InChI is InChI=1S/C19H22ClNOS/c1-13-7-15(20)8-18(14-3-6-23-11-14)17(13)9-16-10-21-12-19(22-16)4-2-5-19/h3,6-8,11,16,21H,2,4-5,9-10,12H2,1H3. The maximum Gasteiger partial charge on any atom is 0.0810 e. The zero-order chi connectivity index (χ0) is 15.9. The van der Waals surface area contributed by atoms with Crippen molar-refractivity contribution in [2.24, 2.45) is 0 Å². The molecule has 1 atom stereocenters. The van der Waals surface area contributed by atoms with Gasteiger partial charge in [-0.25, -0.2) is 0 Å². The van der Waals surface area contributed by atoms with Gasteiger partial charge in [0.2, 0.25) is 0 Å². The van der Waals surface area contributed by atoms with Crippen molar-refractivity contribution in [1.29, 1.82) is 0 Å². The van der Waals surface area contributed by atoms with Gasteiger partial charge in [0.1, 0.15) is 0 Å². The van der Waals surface area contributed by atoms with E-state index in [1.807, 2.05) is 0 Å². The van der Waals surface area contributed by atoms with E-state index in [9.17, 15) is 0 Å². The van der Waals surface area contributed by atoms with Crippen molar-refractivity contribution in [3.63, 3.8) is 0 Å². The number of thiophene rings is 1. The molecule has 0 bridgehead atoms. The highest BCUT2D eigenvalue weighted by Gasteiger charge is 2.42. The van der Waals surface area contributed by atoms with E-state index in [1.165, 1.54) is 41.5 Å². The molecule has 2 nitrogen and oxygen atoms in total. The number of nitrogens with one attached hydrogen (secondary N) is 1. The van der Waals surface area contributed by atoms with E-state index >= 15 is 0 Å². The fourth-order valence-corrected chi connectivity index (χ4v) is 4.75. The van der Waals surface area contributed by atoms with Crippen LogP contribution in [0.2, 0.25) is 5.02 Å². The molecular weight excluding hydrogens is 326 g/mol. The summed E-state index contributed by atoms with van der Waals surface area (Å²) in [4.78, 5) is 0. The predicted molar refractivity (Wildman–Crippen MR) is 97.5 cm³/mol. The molecular formula is C19H22ClNOS. The van der Waals surface area contributed by atoms with Crippen LogP contribution in [0, 0.1) is 6.92 Å². The number of hydrogen-bond donors (Lipinski definition) is 1. The van der Waals surface area contributed by atoms with Crippen molar-refractivity contribution in [3.8, 4) is 11.1 Å². The van der Waals surface area contributed by atoms with Gasteiger partial charge < -0.3 is 10.1 Å². The zero-order valence-corrected chi connectivity index (χ0v) is 15.0. The predicted octanol–water partition coefficient (Wildman–Crippen LogP) is 4.83. The van der Waals surface area contributed by atoms with E-state index in [0.29, 0.717) is 0 Å². The summed E-state index contributed by atoms with van der Waals surface area (Å²) >= 11 is 8.05. The highest BCUT2D eigenvalue weighted by molar-refractivity contribution is 7.08. The van der Waals surface area contributed by atoms with Gasteiger partial charge in [-0.05, 0) is 77.4 Å². The minimum Gasteiger partial charge on any atom is -0.369 e. The molecule has 4 heteroatoms. The Hall–Kier alpha value is -0.870. The summed E-state index contributed by atoms with van der Waals surface area (Å²) < 4.78 is 6.48. The van der Waals surface area contributed by atoms with Crippen molar-refractivity contribution < 1.29 is 4.74 Å². The van der Waals surface area contributed by atoms with Crippen molar-refractivity contribution >= 4 is 22.9 Å². The van der Waals surface area contributed by atoms with Gasteiger partial charge in [-0.2, -0.15) is 11.3 Å². The van der Waals surface area contributed by atoms with Crippen molar-refractivity contribution in [3.05, 3.63) is 45.1 Å². The molecule has 1 aliphatic heterocycles. The van der Waals surface area contributed by atoms with Crippen LogP contribution < -0.4 is 5.32 Å². The third kappa shape index (κ3) is 3.08. The molecule has 1 aliphatic carbocycles. The van der Waals surface area contributed by atoms with Gasteiger partial charge in [-0.3, -0.25) is 0 Å². The molecule has 1 aromatic carbocycles. The van der Waals surface area contributed by atoms with Crippen LogP contribution in [0.3, 0.4) is 0 Å². The van der Waals surface area contributed by atoms with Crippen LogP contribution in [0.5, 0.6) is 0 Å². The fourth-order valence-electron chi connectivity index (χ4n) is 3.82. The molecule has 1 saturated carbocycles. The average Bonchev–Trinajstić information content (AvgIpc) is 3.02. The van der Waals surface area contributed by atoms with Gasteiger partial charge >= 0.3 is 0 Å². The summed E-state index contributed by atoms with van der Waals surface area (Å²) in [7, 11) is 0. The van der Waals surface area contributed by atoms with E-state index < -0.39 is 0 Å². The Kier molecular flexibility index (Phi) is 4.22. The van der Waals surface area contributed by atoms with Gasteiger partial charge in [0, 0.05) is 24.5 Å².